The number of hydrogen-bond donors (Lipinski definition) is 0. The van der Waals surface area contributed by atoms with E-state index in [2.05, 4.69) is 41.0 Å². The molecule has 4 rings (SSSR count). The monoisotopic (exact) mass is 397 g/mol. The van der Waals surface area contributed by atoms with Crippen molar-refractivity contribution in [2.75, 3.05) is 40.3 Å². The Morgan fingerprint density at radius 3 is 2.45 bits per heavy atom. The van der Waals surface area contributed by atoms with E-state index in [0.29, 0.717) is 24.3 Å². The number of nitrogens with zero attached hydrogens (tertiary/aromatic N) is 3. The van der Waals surface area contributed by atoms with Gasteiger partial charge < -0.3 is 14.7 Å². The molecule has 3 fully saturated rings. The summed E-state index contributed by atoms with van der Waals surface area (Å²) < 4.78 is 0. The van der Waals surface area contributed by atoms with Gasteiger partial charge in [0.25, 0.3) is 0 Å². The summed E-state index contributed by atoms with van der Waals surface area (Å²) in [6.45, 7) is 4.95. The highest BCUT2D eigenvalue weighted by molar-refractivity contribution is 5.81. The van der Waals surface area contributed by atoms with E-state index in [1.165, 1.54) is 30.4 Å². The Kier molecular flexibility index (Phi) is 5.95. The van der Waals surface area contributed by atoms with Crippen molar-refractivity contribution >= 4 is 11.8 Å². The lowest BCUT2D eigenvalue weighted by Gasteiger charge is -2.32. The predicted molar refractivity (Wildman–Crippen MR) is 114 cm³/mol. The fourth-order valence-corrected chi connectivity index (χ4v) is 5.77. The van der Waals surface area contributed by atoms with Crippen LogP contribution in [0.1, 0.15) is 49.3 Å². The van der Waals surface area contributed by atoms with Crippen LogP contribution in [0.4, 0.5) is 0 Å². The number of hydrogen-bond acceptors (Lipinski definition) is 3. The second kappa shape index (κ2) is 8.47. The number of amides is 2. The second-order valence-electron chi connectivity index (χ2n) is 9.59. The fourth-order valence-electron chi connectivity index (χ4n) is 5.77. The van der Waals surface area contributed by atoms with Crippen LogP contribution < -0.4 is 0 Å². The topological polar surface area (TPSA) is 43.9 Å². The third-order valence-corrected chi connectivity index (χ3v) is 7.21. The predicted octanol–water partition coefficient (Wildman–Crippen LogP) is 3.09. The maximum absolute atomic E-state index is 13.1. The molecular weight excluding hydrogens is 362 g/mol. The first-order valence-electron chi connectivity index (χ1n) is 11.2. The zero-order chi connectivity index (χ0) is 20.5. The molecule has 2 saturated heterocycles. The van der Waals surface area contributed by atoms with Gasteiger partial charge >= 0.3 is 0 Å². The summed E-state index contributed by atoms with van der Waals surface area (Å²) in [5.41, 5.74) is 2.48. The van der Waals surface area contributed by atoms with Gasteiger partial charge in [-0.1, -0.05) is 43.5 Å². The number of fused-ring (bicyclic) bond motifs is 1. The molecule has 1 aromatic rings. The first-order chi connectivity index (χ1) is 14.0. The Morgan fingerprint density at radius 1 is 1.03 bits per heavy atom. The van der Waals surface area contributed by atoms with Gasteiger partial charge in [0.2, 0.25) is 11.8 Å². The molecule has 29 heavy (non-hydrogen) atoms. The minimum absolute atomic E-state index is 0.0813. The molecule has 0 unspecified atom stereocenters. The van der Waals surface area contributed by atoms with Crippen molar-refractivity contribution in [3.8, 4) is 0 Å². The molecule has 0 N–H and O–H groups in total. The van der Waals surface area contributed by atoms with E-state index in [-0.39, 0.29) is 17.9 Å². The number of aryl methyl sites for hydroxylation is 1. The van der Waals surface area contributed by atoms with Crippen LogP contribution in [-0.4, -0.2) is 66.8 Å². The summed E-state index contributed by atoms with van der Waals surface area (Å²) in [5, 5.41) is 0. The van der Waals surface area contributed by atoms with E-state index in [0.717, 1.165) is 32.5 Å². The number of rotatable bonds is 4. The van der Waals surface area contributed by atoms with Gasteiger partial charge in [0, 0.05) is 37.4 Å². The minimum Gasteiger partial charge on any atom is -0.342 e. The van der Waals surface area contributed by atoms with Crippen LogP contribution in [-0.2, 0) is 9.59 Å². The van der Waals surface area contributed by atoms with Gasteiger partial charge in [-0.25, -0.2) is 0 Å². The van der Waals surface area contributed by atoms with Gasteiger partial charge in [-0.3, -0.25) is 9.59 Å². The molecule has 5 nitrogen and oxygen atoms in total. The molecule has 2 aliphatic heterocycles. The molecule has 0 radical (unpaired) electrons. The lowest BCUT2D eigenvalue weighted by atomic mass is 9.87. The summed E-state index contributed by atoms with van der Waals surface area (Å²) in [6.07, 6.45) is 5.76. The van der Waals surface area contributed by atoms with Crippen molar-refractivity contribution in [2.45, 2.75) is 45.1 Å². The van der Waals surface area contributed by atoms with Crippen molar-refractivity contribution in [3.05, 3.63) is 35.4 Å². The SMILES string of the molecule is Cc1ccccc1[C@H]1[C@@H]2CN(C(=O)C3CCCCC3)C[C@@H]2CN1C(=O)CN(C)C. The highest BCUT2D eigenvalue weighted by Gasteiger charge is 2.50. The van der Waals surface area contributed by atoms with Gasteiger partial charge in [-0.15, -0.1) is 0 Å². The van der Waals surface area contributed by atoms with Crippen molar-refractivity contribution in [3.63, 3.8) is 0 Å². The second-order valence-corrected chi connectivity index (χ2v) is 9.59. The van der Waals surface area contributed by atoms with E-state index in [4.69, 9.17) is 0 Å². The third kappa shape index (κ3) is 4.07. The highest BCUT2D eigenvalue weighted by Crippen LogP contribution is 2.46. The van der Waals surface area contributed by atoms with Gasteiger partial charge in [0.05, 0.1) is 12.6 Å². The van der Waals surface area contributed by atoms with E-state index >= 15 is 0 Å². The van der Waals surface area contributed by atoms with Crippen LogP contribution in [0.3, 0.4) is 0 Å². The third-order valence-electron chi connectivity index (χ3n) is 7.21. The largest absolute Gasteiger partial charge is 0.342 e. The average molecular weight is 398 g/mol. The molecular formula is C24H35N3O2. The number of likely N-dealkylation sites (N-methyl/N-ethyl adjacent to an activating group) is 1. The lowest BCUT2D eigenvalue weighted by Crippen LogP contribution is -2.42. The molecule has 0 bridgehead atoms. The lowest BCUT2D eigenvalue weighted by molar-refractivity contribution is -0.136. The van der Waals surface area contributed by atoms with Crippen LogP contribution in [0.25, 0.3) is 0 Å². The number of carbonyl (C=O) groups excluding carboxylic acids is 2. The van der Waals surface area contributed by atoms with Gasteiger partial charge in [-0.05, 0) is 45.0 Å². The Hall–Kier alpha value is -1.88. The first-order valence-corrected chi connectivity index (χ1v) is 11.2. The summed E-state index contributed by atoms with van der Waals surface area (Å²) in [6, 6.07) is 8.52. The van der Waals surface area contributed by atoms with Crippen LogP contribution >= 0.6 is 0 Å². The molecule has 3 aliphatic rings. The number of benzene rings is 1. The molecule has 0 aromatic heterocycles. The molecule has 158 valence electrons. The molecule has 1 saturated carbocycles. The molecule has 5 heteroatoms. The van der Waals surface area contributed by atoms with Crippen LogP contribution in [0, 0.1) is 24.7 Å². The number of likely N-dealkylation sites (tertiary alicyclic amines) is 2. The Labute approximate surface area is 175 Å². The van der Waals surface area contributed by atoms with E-state index in [9.17, 15) is 9.59 Å². The summed E-state index contributed by atoms with van der Waals surface area (Å²) >= 11 is 0. The molecule has 0 spiro atoms. The highest BCUT2D eigenvalue weighted by atomic mass is 16.2. The summed E-state index contributed by atoms with van der Waals surface area (Å²) in [7, 11) is 3.89. The smallest absolute Gasteiger partial charge is 0.237 e. The van der Waals surface area contributed by atoms with E-state index in [1.54, 1.807) is 0 Å². The fraction of sp³-hybridized carbons (Fsp3) is 0.667. The molecule has 1 aliphatic carbocycles. The summed E-state index contributed by atoms with van der Waals surface area (Å²) in [5.74, 6) is 1.52. The van der Waals surface area contributed by atoms with Crippen LogP contribution in [0.5, 0.6) is 0 Å². The number of carbonyl (C=O) groups is 2. The minimum atomic E-state index is 0.0813. The normalized spacial score (nSPS) is 27.5. The quantitative estimate of drug-likeness (QED) is 0.784. The van der Waals surface area contributed by atoms with Crippen molar-refractivity contribution < 1.29 is 9.59 Å². The van der Waals surface area contributed by atoms with Crippen LogP contribution in [0.2, 0.25) is 0 Å². The Bertz CT molecular complexity index is 756. The van der Waals surface area contributed by atoms with Crippen molar-refractivity contribution in [2.24, 2.45) is 17.8 Å². The van der Waals surface area contributed by atoms with Gasteiger partial charge in [0.15, 0.2) is 0 Å². The molecule has 1 aromatic carbocycles. The maximum Gasteiger partial charge on any atom is 0.237 e. The molecule has 3 atom stereocenters. The van der Waals surface area contributed by atoms with Crippen molar-refractivity contribution in [1.29, 1.82) is 0 Å². The van der Waals surface area contributed by atoms with Gasteiger partial charge in [0.1, 0.15) is 0 Å². The Balaban J connectivity index is 1.56. The van der Waals surface area contributed by atoms with E-state index < -0.39 is 0 Å². The summed E-state index contributed by atoms with van der Waals surface area (Å²) in [4.78, 5) is 32.4. The standard InChI is InChI=1S/C24H35N3O2/c1-17-9-7-8-12-20(17)23-21-15-26(24(29)18-10-5-4-6-11-18)13-19(21)14-27(23)22(28)16-25(2)3/h7-9,12,18-19,21,23H,4-6,10-11,13-16H2,1-3H3/t19-,21-,23+/m1/s1. The van der Waals surface area contributed by atoms with E-state index in [1.807, 2.05) is 19.0 Å². The van der Waals surface area contributed by atoms with Gasteiger partial charge in [-0.2, -0.15) is 0 Å². The van der Waals surface area contributed by atoms with Crippen LogP contribution in [0.15, 0.2) is 24.3 Å². The zero-order valence-corrected chi connectivity index (χ0v) is 18.1. The molecule has 2 amide bonds. The molecule has 2 heterocycles. The zero-order valence-electron chi connectivity index (χ0n) is 18.1. The van der Waals surface area contributed by atoms with Crippen molar-refractivity contribution in [1.82, 2.24) is 14.7 Å². The maximum atomic E-state index is 13.1. The average Bonchev–Trinajstić information content (AvgIpc) is 3.26. The first kappa shape index (κ1) is 20.4. The Morgan fingerprint density at radius 2 is 1.76 bits per heavy atom.